The maximum absolute atomic E-state index is 12.8. The summed E-state index contributed by atoms with van der Waals surface area (Å²) >= 11 is 0. The van der Waals surface area contributed by atoms with Gasteiger partial charge in [-0.25, -0.2) is 4.98 Å². The van der Waals surface area contributed by atoms with Crippen LogP contribution < -0.4 is 11.3 Å². The van der Waals surface area contributed by atoms with Gasteiger partial charge in [0.2, 0.25) is 0 Å². The second kappa shape index (κ2) is 6.05. The maximum Gasteiger partial charge on any atom is 0.257 e. The summed E-state index contributed by atoms with van der Waals surface area (Å²) in [6, 6.07) is 8.25. The Morgan fingerprint density at radius 2 is 1.73 bits per heavy atom. The summed E-state index contributed by atoms with van der Waals surface area (Å²) in [4.78, 5) is 17.4. The Hall–Kier alpha value is -1.94. The van der Waals surface area contributed by atoms with E-state index < -0.39 is 5.54 Å². The normalized spacial score (nSPS) is 11.7. The molecule has 2 aromatic rings. The van der Waals surface area contributed by atoms with Crippen LogP contribution in [0, 0.1) is 20.8 Å². The molecule has 0 atom stereocenters. The Balaban J connectivity index is 2.45. The zero-order valence-corrected chi connectivity index (χ0v) is 14.1. The summed E-state index contributed by atoms with van der Waals surface area (Å²) in [6.07, 6.45) is 0.600. The molecule has 4 heteroatoms. The van der Waals surface area contributed by atoms with Crippen LogP contribution in [0.5, 0.6) is 0 Å². The summed E-state index contributed by atoms with van der Waals surface area (Å²) in [5.41, 5.74) is 9.52. The molecule has 0 aliphatic heterocycles. The summed E-state index contributed by atoms with van der Waals surface area (Å²) in [5.74, 6) is 0.716. The average Bonchev–Trinajstić information content (AvgIpc) is 2.40. The number of nitrogens with zero attached hydrogens (tertiary/aromatic N) is 2. The van der Waals surface area contributed by atoms with E-state index in [0.717, 1.165) is 16.8 Å². The topological polar surface area (TPSA) is 60.9 Å². The fraction of sp³-hybridized carbons (Fsp3) is 0.444. The standard InChI is InChI=1S/C18H25N3O/c1-12-6-8-15(9-7-12)10-16-13(2)20-14(3)21(17(16)22)11-18(4,5)19/h6-9H,10-11,19H2,1-5H3. The van der Waals surface area contributed by atoms with Crippen LogP contribution in [0.3, 0.4) is 0 Å². The minimum Gasteiger partial charge on any atom is -0.324 e. The van der Waals surface area contributed by atoms with Crippen molar-refractivity contribution >= 4 is 0 Å². The first-order chi connectivity index (χ1) is 10.2. The van der Waals surface area contributed by atoms with Crippen molar-refractivity contribution in [3.05, 3.63) is 62.8 Å². The van der Waals surface area contributed by atoms with Crippen LogP contribution >= 0.6 is 0 Å². The van der Waals surface area contributed by atoms with Gasteiger partial charge in [0.05, 0.1) is 0 Å². The Kier molecular flexibility index (Phi) is 4.52. The third kappa shape index (κ3) is 3.83. The van der Waals surface area contributed by atoms with Gasteiger partial charge in [-0.1, -0.05) is 29.8 Å². The molecule has 0 amide bonds. The van der Waals surface area contributed by atoms with Crippen molar-refractivity contribution in [2.45, 2.75) is 53.1 Å². The van der Waals surface area contributed by atoms with Crippen molar-refractivity contribution < 1.29 is 0 Å². The Morgan fingerprint density at radius 1 is 1.14 bits per heavy atom. The van der Waals surface area contributed by atoms with E-state index in [1.54, 1.807) is 4.57 Å². The van der Waals surface area contributed by atoms with E-state index in [-0.39, 0.29) is 5.56 Å². The molecule has 0 aliphatic carbocycles. The lowest BCUT2D eigenvalue weighted by Gasteiger charge is -2.22. The molecule has 0 unspecified atom stereocenters. The molecule has 0 aliphatic rings. The Morgan fingerprint density at radius 3 is 2.27 bits per heavy atom. The zero-order chi connectivity index (χ0) is 16.5. The fourth-order valence-electron chi connectivity index (χ4n) is 2.54. The highest BCUT2D eigenvalue weighted by Gasteiger charge is 2.18. The van der Waals surface area contributed by atoms with Gasteiger partial charge in [-0.3, -0.25) is 9.36 Å². The highest BCUT2D eigenvalue weighted by atomic mass is 16.1. The van der Waals surface area contributed by atoms with Gasteiger partial charge in [0, 0.05) is 29.8 Å². The summed E-state index contributed by atoms with van der Waals surface area (Å²) in [7, 11) is 0. The van der Waals surface area contributed by atoms with E-state index >= 15 is 0 Å². The van der Waals surface area contributed by atoms with Crippen LogP contribution in [0.25, 0.3) is 0 Å². The summed E-state index contributed by atoms with van der Waals surface area (Å²) < 4.78 is 1.69. The van der Waals surface area contributed by atoms with E-state index in [4.69, 9.17) is 5.73 Å². The van der Waals surface area contributed by atoms with Gasteiger partial charge < -0.3 is 5.73 Å². The van der Waals surface area contributed by atoms with Crippen LogP contribution in [0.15, 0.2) is 29.1 Å². The van der Waals surface area contributed by atoms with Crippen LogP contribution in [-0.2, 0) is 13.0 Å². The Labute approximate surface area is 132 Å². The number of hydrogen-bond acceptors (Lipinski definition) is 3. The lowest BCUT2D eigenvalue weighted by atomic mass is 10.0. The van der Waals surface area contributed by atoms with Gasteiger partial charge in [-0.2, -0.15) is 0 Å². The van der Waals surface area contributed by atoms with Crippen molar-refractivity contribution in [1.82, 2.24) is 9.55 Å². The van der Waals surface area contributed by atoms with Crippen LogP contribution in [0.2, 0.25) is 0 Å². The molecule has 0 saturated heterocycles. The smallest absolute Gasteiger partial charge is 0.257 e. The SMILES string of the molecule is Cc1ccc(Cc2c(C)nc(C)n(CC(C)(C)N)c2=O)cc1. The lowest BCUT2D eigenvalue weighted by Crippen LogP contribution is -2.42. The van der Waals surface area contributed by atoms with E-state index in [1.165, 1.54) is 5.56 Å². The number of rotatable bonds is 4. The molecule has 2 N–H and O–H groups in total. The third-order valence-corrected chi connectivity index (χ3v) is 3.73. The molecule has 2 rings (SSSR count). The number of nitrogens with two attached hydrogens (primary N) is 1. The quantitative estimate of drug-likeness (QED) is 0.943. The summed E-state index contributed by atoms with van der Waals surface area (Å²) in [5, 5.41) is 0. The van der Waals surface area contributed by atoms with Gasteiger partial charge in [0.1, 0.15) is 5.82 Å². The second-order valence-electron chi connectivity index (χ2n) is 6.77. The fourth-order valence-corrected chi connectivity index (χ4v) is 2.54. The largest absolute Gasteiger partial charge is 0.324 e. The average molecular weight is 299 g/mol. The molecule has 1 aromatic heterocycles. The molecule has 1 heterocycles. The monoisotopic (exact) mass is 299 g/mol. The minimum atomic E-state index is -0.452. The molecule has 4 nitrogen and oxygen atoms in total. The molecule has 0 saturated carbocycles. The minimum absolute atomic E-state index is 0.0177. The Bertz CT molecular complexity index is 722. The van der Waals surface area contributed by atoms with E-state index in [0.29, 0.717) is 18.8 Å². The number of aryl methyl sites for hydroxylation is 3. The predicted molar refractivity (Wildman–Crippen MR) is 90.2 cm³/mol. The van der Waals surface area contributed by atoms with E-state index in [2.05, 4.69) is 36.2 Å². The molecule has 0 fully saturated rings. The lowest BCUT2D eigenvalue weighted by molar-refractivity contribution is 0.414. The van der Waals surface area contributed by atoms with Gasteiger partial charge in [-0.15, -0.1) is 0 Å². The molecular weight excluding hydrogens is 274 g/mol. The molecule has 0 radical (unpaired) electrons. The van der Waals surface area contributed by atoms with Crippen molar-refractivity contribution in [3.8, 4) is 0 Å². The molecule has 0 bridgehead atoms. The first kappa shape index (κ1) is 16.4. The first-order valence-corrected chi connectivity index (χ1v) is 7.59. The molecule has 22 heavy (non-hydrogen) atoms. The van der Waals surface area contributed by atoms with Gasteiger partial charge >= 0.3 is 0 Å². The number of aromatic nitrogens is 2. The first-order valence-electron chi connectivity index (χ1n) is 7.59. The second-order valence-corrected chi connectivity index (χ2v) is 6.77. The van der Waals surface area contributed by atoms with Crippen LogP contribution in [-0.4, -0.2) is 15.1 Å². The highest BCUT2D eigenvalue weighted by Crippen LogP contribution is 2.12. The molecular formula is C18H25N3O. The molecule has 0 spiro atoms. The van der Waals surface area contributed by atoms with Crippen LogP contribution in [0.1, 0.15) is 42.1 Å². The van der Waals surface area contributed by atoms with Crippen molar-refractivity contribution in [2.75, 3.05) is 0 Å². The van der Waals surface area contributed by atoms with E-state index in [1.807, 2.05) is 27.7 Å². The van der Waals surface area contributed by atoms with Crippen LogP contribution in [0.4, 0.5) is 0 Å². The maximum atomic E-state index is 12.8. The highest BCUT2D eigenvalue weighted by molar-refractivity contribution is 5.29. The number of benzene rings is 1. The number of hydrogen-bond donors (Lipinski definition) is 1. The van der Waals surface area contributed by atoms with E-state index in [9.17, 15) is 4.79 Å². The summed E-state index contributed by atoms with van der Waals surface area (Å²) in [6.45, 7) is 10.1. The third-order valence-electron chi connectivity index (χ3n) is 3.73. The zero-order valence-electron chi connectivity index (χ0n) is 14.1. The van der Waals surface area contributed by atoms with Gasteiger partial charge in [0.25, 0.3) is 5.56 Å². The van der Waals surface area contributed by atoms with Crippen molar-refractivity contribution in [3.63, 3.8) is 0 Å². The van der Waals surface area contributed by atoms with Gasteiger partial charge in [-0.05, 0) is 40.2 Å². The molecule has 1 aromatic carbocycles. The van der Waals surface area contributed by atoms with Gasteiger partial charge in [0.15, 0.2) is 0 Å². The van der Waals surface area contributed by atoms with Crippen molar-refractivity contribution in [1.29, 1.82) is 0 Å². The predicted octanol–water partition coefficient (Wildman–Crippen LogP) is 2.50. The molecule has 118 valence electrons. The van der Waals surface area contributed by atoms with Crippen molar-refractivity contribution in [2.24, 2.45) is 5.73 Å².